The molecule has 0 bridgehead atoms. The maximum absolute atomic E-state index is 5.87. The van der Waals surface area contributed by atoms with Gasteiger partial charge in [-0.05, 0) is 37.1 Å². The molecule has 0 amide bonds. The van der Waals surface area contributed by atoms with E-state index >= 15 is 0 Å². The van der Waals surface area contributed by atoms with E-state index in [2.05, 4.69) is 26.3 Å². The smallest absolute Gasteiger partial charge is 0.143 e. The minimum absolute atomic E-state index is 0.766. The molecule has 0 saturated carbocycles. The fourth-order valence-corrected chi connectivity index (χ4v) is 2.31. The van der Waals surface area contributed by atoms with Crippen molar-refractivity contribution in [1.29, 1.82) is 0 Å². The van der Waals surface area contributed by atoms with Gasteiger partial charge >= 0.3 is 0 Å². The summed E-state index contributed by atoms with van der Waals surface area (Å²) in [5.41, 5.74) is 3.20. The highest BCUT2D eigenvalue weighted by atomic mass is 35.5. The number of aromatic nitrogens is 3. The molecule has 20 heavy (non-hydrogen) atoms. The Kier molecular flexibility index (Phi) is 3.56. The van der Waals surface area contributed by atoms with Crippen molar-refractivity contribution < 1.29 is 0 Å². The Balaban J connectivity index is 1.69. The van der Waals surface area contributed by atoms with E-state index in [1.807, 2.05) is 31.2 Å². The Morgan fingerprint density at radius 2 is 2.00 bits per heavy atom. The lowest BCUT2D eigenvalue weighted by Gasteiger charge is -2.06. The largest absolute Gasteiger partial charge is 0.369 e. The second kappa shape index (κ2) is 5.51. The van der Waals surface area contributed by atoms with Crippen LogP contribution in [-0.4, -0.2) is 21.5 Å². The first-order valence-corrected chi connectivity index (χ1v) is 6.89. The molecule has 102 valence electrons. The summed E-state index contributed by atoms with van der Waals surface area (Å²) >= 11 is 5.87. The van der Waals surface area contributed by atoms with E-state index in [0.29, 0.717) is 0 Å². The van der Waals surface area contributed by atoms with Crippen LogP contribution in [0.5, 0.6) is 0 Å². The average Bonchev–Trinajstić information content (AvgIpc) is 2.82. The van der Waals surface area contributed by atoms with Crippen molar-refractivity contribution in [2.24, 2.45) is 0 Å². The van der Waals surface area contributed by atoms with Gasteiger partial charge in [0.2, 0.25) is 0 Å². The standard InChI is InChI=1S/C15H15ClN4/c1-10-8-13-14(18-9-19-15(13)20-10)17-7-6-11-2-4-12(16)5-3-11/h2-5,8-9H,6-7H2,1H3,(H2,17,18,19,20). The van der Waals surface area contributed by atoms with Crippen molar-refractivity contribution in [3.8, 4) is 0 Å². The number of anilines is 1. The molecule has 0 saturated heterocycles. The third kappa shape index (κ3) is 2.75. The number of fused-ring (bicyclic) bond motifs is 1. The van der Waals surface area contributed by atoms with Crippen molar-refractivity contribution in [2.75, 3.05) is 11.9 Å². The van der Waals surface area contributed by atoms with Crippen LogP contribution in [0.15, 0.2) is 36.7 Å². The number of benzene rings is 1. The zero-order valence-corrected chi connectivity index (χ0v) is 11.9. The zero-order chi connectivity index (χ0) is 13.9. The Morgan fingerprint density at radius 1 is 1.20 bits per heavy atom. The van der Waals surface area contributed by atoms with E-state index in [-0.39, 0.29) is 0 Å². The Hall–Kier alpha value is -2.07. The van der Waals surface area contributed by atoms with Gasteiger partial charge in [0, 0.05) is 17.3 Å². The van der Waals surface area contributed by atoms with Gasteiger partial charge in [-0.15, -0.1) is 0 Å². The van der Waals surface area contributed by atoms with Crippen LogP contribution in [-0.2, 0) is 6.42 Å². The lowest BCUT2D eigenvalue weighted by molar-refractivity contribution is 1.01. The number of H-pyrrole nitrogens is 1. The first-order valence-electron chi connectivity index (χ1n) is 6.51. The molecule has 0 fully saturated rings. The van der Waals surface area contributed by atoms with Gasteiger partial charge in [-0.1, -0.05) is 23.7 Å². The van der Waals surface area contributed by atoms with E-state index < -0.39 is 0 Å². The highest BCUT2D eigenvalue weighted by molar-refractivity contribution is 6.30. The number of hydrogen-bond donors (Lipinski definition) is 2. The van der Waals surface area contributed by atoms with Gasteiger partial charge in [0.05, 0.1) is 5.39 Å². The number of halogens is 1. The van der Waals surface area contributed by atoms with Gasteiger partial charge in [-0.2, -0.15) is 0 Å². The lowest BCUT2D eigenvalue weighted by Crippen LogP contribution is -2.06. The van der Waals surface area contributed by atoms with E-state index in [1.165, 1.54) is 5.56 Å². The summed E-state index contributed by atoms with van der Waals surface area (Å²) in [6, 6.07) is 9.96. The van der Waals surface area contributed by atoms with Crippen LogP contribution in [0.1, 0.15) is 11.3 Å². The van der Waals surface area contributed by atoms with Gasteiger partial charge in [-0.25, -0.2) is 9.97 Å². The third-order valence-corrected chi connectivity index (χ3v) is 3.43. The SMILES string of the molecule is Cc1cc2c(NCCc3ccc(Cl)cc3)ncnc2[nH]1. The average molecular weight is 287 g/mol. The molecular weight excluding hydrogens is 272 g/mol. The normalized spacial score (nSPS) is 10.9. The van der Waals surface area contributed by atoms with Crippen LogP contribution in [0.4, 0.5) is 5.82 Å². The first-order chi connectivity index (χ1) is 9.72. The van der Waals surface area contributed by atoms with Gasteiger partial charge in [-0.3, -0.25) is 0 Å². The van der Waals surface area contributed by atoms with E-state index in [1.54, 1.807) is 6.33 Å². The van der Waals surface area contributed by atoms with Crippen LogP contribution >= 0.6 is 11.6 Å². The summed E-state index contributed by atoms with van der Waals surface area (Å²) in [5, 5.41) is 5.15. The predicted molar refractivity (Wildman–Crippen MR) is 82.3 cm³/mol. The number of aryl methyl sites for hydroxylation is 1. The van der Waals surface area contributed by atoms with E-state index in [9.17, 15) is 0 Å². The topological polar surface area (TPSA) is 53.6 Å². The summed E-state index contributed by atoms with van der Waals surface area (Å²) in [6.45, 7) is 2.83. The molecule has 2 N–H and O–H groups in total. The number of aromatic amines is 1. The van der Waals surface area contributed by atoms with Gasteiger partial charge in [0.25, 0.3) is 0 Å². The van der Waals surface area contributed by atoms with Crippen LogP contribution in [0, 0.1) is 6.92 Å². The zero-order valence-electron chi connectivity index (χ0n) is 11.2. The molecule has 5 heteroatoms. The lowest BCUT2D eigenvalue weighted by atomic mass is 10.1. The summed E-state index contributed by atoms with van der Waals surface area (Å²) in [7, 11) is 0. The Morgan fingerprint density at radius 3 is 2.80 bits per heavy atom. The second-order valence-corrected chi connectivity index (χ2v) is 5.18. The van der Waals surface area contributed by atoms with Gasteiger partial charge in [0.15, 0.2) is 0 Å². The monoisotopic (exact) mass is 286 g/mol. The predicted octanol–water partition coefficient (Wildman–Crippen LogP) is 3.57. The van der Waals surface area contributed by atoms with Crippen molar-refractivity contribution in [1.82, 2.24) is 15.0 Å². The van der Waals surface area contributed by atoms with Crippen LogP contribution in [0.3, 0.4) is 0 Å². The van der Waals surface area contributed by atoms with Crippen LogP contribution in [0.2, 0.25) is 5.02 Å². The summed E-state index contributed by atoms with van der Waals surface area (Å²) in [5.74, 6) is 0.869. The van der Waals surface area contributed by atoms with E-state index in [0.717, 1.165) is 40.5 Å². The van der Waals surface area contributed by atoms with Crippen LogP contribution < -0.4 is 5.32 Å². The minimum Gasteiger partial charge on any atom is -0.369 e. The molecule has 0 aliphatic heterocycles. The van der Waals surface area contributed by atoms with Crippen molar-refractivity contribution >= 4 is 28.5 Å². The molecule has 0 aliphatic rings. The van der Waals surface area contributed by atoms with Crippen molar-refractivity contribution in [3.05, 3.63) is 52.9 Å². The number of rotatable bonds is 4. The fourth-order valence-electron chi connectivity index (χ4n) is 2.19. The van der Waals surface area contributed by atoms with Crippen molar-refractivity contribution in [2.45, 2.75) is 13.3 Å². The molecule has 0 aliphatic carbocycles. The molecule has 4 nitrogen and oxygen atoms in total. The van der Waals surface area contributed by atoms with Gasteiger partial charge < -0.3 is 10.3 Å². The molecular formula is C15H15ClN4. The molecule has 2 heterocycles. The second-order valence-electron chi connectivity index (χ2n) is 4.74. The molecule has 3 rings (SSSR count). The fraction of sp³-hybridized carbons (Fsp3) is 0.200. The van der Waals surface area contributed by atoms with E-state index in [4.69, 9.17) is 11.6 Å². The Labute approximate surface area is 122 Å². The number of nitrogens with zero attached hydrogens (tertiary/aromatic N) is 2. The highest BCUT2D eigenvalue weighted by Gasteiger charge is 2.05. The molecule has 3 aromatic rings. The maximum Gasteiger partial charge on any atom is 0.143 e. The van der Waals surface area contributed by atoms with Crippen LogP contribution in [0.25, 0.3) is 11.0 Å². The number of nitrogens with one attached hydrogen (secondary N) is 2. The molecule has 0 spiro atoms. The Bertz CT molecular complexity index is 718. The summed E-state index contributed by atoms with van der Waals surface area (Å²) < 4.78 is 0. The minimum atomic E-state index is 0.766. The molecule has 0 atom stereocenters. The third-order valence-electron chi connectivity index (χ3n) is 3.18. The number of hydrogen-bond acceptors (Lipinski definition) is 3. The molecule has 0 unspecified atom stereocenters. The summed E-state index contributed by atoms with van der Waals surface area (Å²) in [4.78, 5) is 11.7. The van der Waals surface area contributed by atoms with Crippen molar-refractivity contribution in [3.63, 3.8) is 0 Å². The molecule has 0 radical (unpaired) electrons. The maximum atomic E-state index is 5.87. The highest BCUT2D eigenvalue weighted by Crippen LogP contribution is 2.19. The quantitative estimate of drug-likeness (QED) is 0.771. The first kappa shape index (κ1) is 12.9. The van der Waals surface area contributed by atoms with Gasteiger partial charge in [0.1, 0.15) is 17.8 Å². The summed E-state index contributed by atoms with van der Waals surface area (Å²) in [6.07, 6.45) is 2.50. The molecule has 1 aromatic carbocycles. The molecule has 2 aromatic heterocycles.